The summed E-state index contributed by atoms with van der Waals surface area (Å²) < 4.78 is 5.15. The average Bonchev–Trinajstić information content (AvgIpc) is 2.72. The molecular weight excluding hydrogens is 334 g/mol. The molecule has 0 unspecified atom stereocenters. The smallest absolute Gasteiger partial charge is 0.321 e. The number of ether oxygens (including phenoxy) is 1. The van der Waals surface area contributed by atoms with Gasteiger partial charge in [0.25, 0.3) is 0 Å². The molecule has 3 rings (SSSR count). The maximum Gasteiger partial charge on any atom is 0.321 e. The van der Waals surface area contributed by atoms with Crippen molar-refractivity contribution >= 4 is 0 Å². The first kappa shape index (κ1) is 18.2. The molecule has 0 atom stereocenters. The third-order valence-corrected chi connectivity index (χ3v) is 3.85. The largest absolute Gasteiger partial charge is 0.467 e. The van der Waals surface area contributed by atoms with Crippen LogP contribution in [0.5, 0.6) is 6.01 Å². The van der Waals surface area contributed by atoms with E-state index >= 15 is 0 Å². The summed E-state index contributed by atoms with van der Waals surface area (Å²) in [4.78, 5) is 12.7. The lowest BCUT2D eigenvalue weighted by molar-refractivity contribution is 0.376. The molecule has 0 aliphatic heterocycles. The van der Waals surface area contributed by atoms with E-state index in [1.54, 1.807) is 0 Å². The molecule has 0 aliphatic carbocycles. The minimum atomic E-state index is 0.198. The molecule has 2 aromatic carbocycles. The van der Waals surface area contributed by atoms with Crippen molar-refractivity contribution in [3.63, 3.8) is 0 Å². The molecule has 0 fully saturated rings. The first-order valence-electron chi connectivity index (χ1n) is 8.66. The summed E-state index contributed by atoms with van der Waals surface area (Å²) in [6.07, 6.45) is 1.00. The van der Waals surface area contributed by atoms with Crippen molar-refractivity contribution in [1.82, 2.24) is 15.0 Å². The molecule has 0 radical (unpaired) electrons. The summed E-state index contributed by atoms with van der Waals surface area (Å²) in [5.41, 5.74) is 4.26. The number of benzene rings is 2. The number of hydrogen-bond donors (Lipinski definition) is 0. The van der Waals surface area contributed by atoms with Crippen molar-refractivity contribution in [2.75, 3.05) is 7.11 Å². The quantitative estimate of drug-likeness (QED) is 0.661. The average molecular weight is 353 g/mol. The summed E-state index contributed by atoms with van der Waals surface area (Å²) >= 11 is 0. The third-order valence-electron chi connectivity index (χ3n) is 3.85. The molecule has 0 saturated heterocycles. The van der Waals surface area contributed by atoms with Gasteiger partial charge >= 0.3 is 6.01 Å². The Bertz CT molecular complexity index is 1050. The number of rotatable bonds is 2. The van der Waals surface area contributed by atoms with Gasteiger partial charge in [-0.1, -0.05) is 48.6 Å². The fraction of sp³-hybridized carbons (Fsp3) is 0.174. The molecule has 4 heteroatoms. The number of hydrogen-bond acceptors (Lipinski definition) is 4. The van der Waals surface area contributed by atoms with Crippen LogP contribution >= 0.6 is 0 Å². The predicted octanol–water partition coefficient (Wildman–Crippen LogP) is 3.55. The Morgan fingerprint density at radius 3 is 1.74 bits per heavy atom. The zero-order valence-electron chi connectivity index (χ0n) is 15.6. The highest BCUT2D eigenvalue weighted by Crippen LogP contribution is 2.06. The normalized spacial score (nSPS) is 9.59. The van der Waals surface area contributed by atoms with Gasteiger partial charge in [0.2, 0.25) is 11.6 Å². The highest BCUT2D eigenvalue weighted by atomic mass is 16.5. The molecule has 1 aromatic heterocycles. The fourth-order valence-electron chi connectivity index (χ4n) is 2.28. The van der Waals surface area contributed by atoms with Crippen molar-refractivity contribution in [2.45, 2.75) is 20.3 Å². The summed E-state index contributed by atoms with van der Waals surface area (Å²) in [6, 6.07) is 16.3. The zero-order chi connectivity index (χ0) is 19.1. The van der Waals surface area contributed by atoms with Gasteiger partial charge in [-0.05, 0) is 55.0 Å². The van der Waals surface area contributed by atoms with Crippen molar-refractivity contribution in [1.29, 1.82) is 0 Å². The van der Waals surface area contributed by atoms with Crippen molar-refractivity contribution < 1.29 is 4.74 Å². The Labute approximate surface area is 159 Å². The summed E-state index contributed by atoms with van der Waals surface area (Å²) in [5.74, 6) is 12.7. The lowest BCUT2D eigenvalue weighted by Gasteiger charge is -1.98. The van der Waals surface area contributed by atoms with E-state index in [1.165, 1.54) is 18.2 Å². The Hall–Kier alpha value is -3.63. The number of aromatic nitrogens is 3. The molecule has 0 N–H and O–H groups in total. The predicted molar refractivity (Wildman–Crippen MR) is 105 cm³/mol. The van der Waals surface area contributed by atoms with Crippen LogP contribution < -0.4 is 4.74 Å². The van der Waals surface area contributed by atoms with Gasteiger partial charge in [-0.3, -0.25) is 0 Å². The van der Waals surface area contributed by atoms with E-state index in [0.29, 0.717) is 11.6 Å². The van der Waals surface area contributed by atoms with E-state index in [0.717, 1.165) is 17.5 Å². The van der Waals surface area contributed by atoms with Gasteiger partial charge < -0.3 is 4.74 Å². The Morgan fingerprint density at radius 2 is 1.26 bits per heavy atom. The second-order valence-electron chi connectivity index (χ2n) is 5.89. The van der Waals surface area contributed by atoms with E-state index in [4.69, 9.17) is 4.74 Å². The first-order chi connectivity index (χ1) is 13.2. The summed E-state index contributed by atoms with van der Waals surface area (Å²) in [5, 5.41) is 0. The van der Waals surface area contributed by atoms with Crippen LogP contribution in [0.4, 0.5) is 0 Å². The van der Waals surface area contributed by atoms with E-state index in [2.05, 4.69) is 57.7 Å². The maximum atomic E-state index is 5.15. The minimum absolute atomic E-state index is 0.198. The van der Waals surface area contributed by atoms with Crippen LogP contribution in [0.2, 0.25) is 0 Å². The SMILES string of the molecule is CCc1ccc(C#Cc2nc(C#Cc3ccc(C)cc3)nc(OC)n2)cc1. The molecule has 0 bridgehead atoms. The molecule has 0 spiro atoms. The number of nitrogens with zero attached hydrogens (tertiary/aromatic N) is 3. The number of methoxy groups -OCH3 is 1. The topological polar surface area (TPSA) is 47.9 Å². The molecule has 0 aliphatic rings. The van der Waals surface area contributed by atoms with Crippen LogP contribution in [0.25, 0.3) is 0 Å². The van der Waals surface area contributed by atoms with E-state index < -0.39 is 0 Å². The van der Waals surface area contributed by atoms with Crippen LogP contribution in [0, 0.1) is 30.6 Å². The van der Waals surface area contributed by atoms with Crippen LogP contribution in [-0.4, -0.2) is 22.1 Å². The van der Waals surface area contributed by atoms with Gasteiger partial charge in [0.05, 0.1) is 7.11 Å². The van der Waals surface area contributed by atoms with Crippen LogP contribution in [0.15, 0.2) is 48.5 Å². The molecule has 27 heavy (non-hydrogen) atoms. The zero-order valence-corrected chi connectivity index (χ0v) is 15.6. The van der Waals surface area contributed by atoms with Crippen LogP contribution in [0.1, 0.15) is 40.8 Å². The highest BCUT2D eigenvalue weighted by Gasteiger charge is 2.03. The molecule has 0 saturated carbocycles. The van der Waals surface area contributed by atoms with Gasteiger partial charge in [0.1, 0.15) is 0 Å². The monoisotopic (exact) mass is 353 g/mol. The summed E-state index contributed by atoms with van der Waals surface area (Å²) in [7, 11) is 1.51. The first-order valence-corrected chi connectivity index (χ1v) is 8.66. The standard InChI is InChI=1S/C23H19N3O/c1-4-18-9-11-20(12-10-18)14-16-22-24-21(25-23(26-22)27-3)15-13-19-7-5-17(2)6-8-19/h5-12H,4H2,1-3H3. The van der Waals surface area contributed by atoms with Crippen molar-refractivity contribution in [2.24, 2.45) is 0 Å². The Morgan fingerprint density at radius 1 is 0.741 bits per heavy atom. The lowest BCUT2D eigenvalue weighted by atomic mass is 10.1. The minimum Gasteiger partial charge on any atom is -0.467 e. The van der Waals surface area contributed by atoms with Crippen LogP contribution in [0.3, 0.4) is 0 Å². The third kappa shape index (κ3) is 5.17. The van der Waals surface area contributed by atoms with E-state index in [9.17, 15) is 0 Å². The lowest BCUT2D eigenvalue weighted by Crippen LogP contribution is -2.01. The molecular formula is C23H19N3O. The molecule has 132 valence electrons. The second kappa shape index (κ2) is 8.65. The Balaban J connectivity index is 1.88. The van der Waals surface area contributed by atoms with Crippen molar-refractivity contribution in [3.05, 3.63) is 82.4 Å². The Kier molecular flexibility index (Phi) is 5.82. The second-order valence-corrected chi connectivity index (χ2v) is 5.89. The van der Waals surface area contributed by atoms with Crippen molar-refractivity contribution in [3.8, 4) is 29.7 Å². The fourth-order valence-corrected chi connectivity index (χ4v) is 2.28. The maximum absolute atomic E-state index is 5.15. The van der Waals surface area contributed by atoms with Crippen LogP contribution in [-0.2, 0) is 6.42 Å². The molecule has 4 nitrogen and oxygen atoms in total. The molecule has 0 amide bonds. The van der Waals surface area contributed by atoms with Gasteiger partial charge in [-0.25, -0.2) is 0 Å². The van der Waals surface area contributed by atoms with E-state index in [-0.39, 0.29) is 6.01 Å². The highest BCUT2D eigenvalue weighted by molar-refractivity contribution is 5.42. The van der Waals surface area contributed by atoms with Gasteiger partial charge in [-0.2, -0.15) is 15.0 Å². The summed E-state index contributed by atoms with van der Waals surface area (Å²) in [6.45, 7) is 4.16. The van der Waals surface area contributed by atoms with E-state index in [1.807, 2.05) is 43.3 Å². The number of aryl methyl sites for hydroxylation is 2. The molecule has 3 aromatic rings. The van der Waals surface area contributed by atoms with Gasteiger partial charge in [0.15, 0.2) is 0 Å². The van der Waals surface area contributed by atoms with Gasteiger partial charge in [0, 0.05) is 11.1 Å². The van der Waals surface area contributed by atoms with Gasteiger partial charge in [-0.15, -0.1) is 0 Å². The molecule has 1 heterocycles.